The lowest BCUT2D eigenvalue weighted by Gasteiger charge is -2.30. The first-order valence-corrected chi connectivity index (χ1v) is 11.5. The molecular formula is C21H34O6S. The Labute approximate surface area is 172 Å². The predicted molar refractivity (Wildman–Crippen MR) is 109 cm³/mol. The molecule has 28 heavy (non-hydrogen) atoms. The van der Waals surface area contributed by atoms with Gasteiger partial charge < -0.3 is 19.7 Å². The molecule has 1 aliphatic heterocycles. The van der Waals surface area contributed by atoms with Crippen LogP contribution in [-0.4, -0.2) is 58.1 Å². The number of Topliss-reactive ketones (excluding diaryl/α,β-unsaturated/α-hetero) is 1. The minimum atomic E-state index is -0.789. The van der Waals surface area contributed by atoms with Gasteiger partial charge in [0.15, 0.2) is 5.79 Å². The highest BCUT2D eigenvalue weighted by Gasteiger charge is 2.44. The number of carbonyl (C=O) groups excluding carboxylic acids is 1. The van der Waals surface area contributed by atoms with E-state index in [1.165, 1.54) is 0 Å². The Hall–Kier alpha value is -0.890. The monoisotopic (exact) mass is 414 g/mol. The Balaban J connectivity index is 1.85. The number of carbonyl (C=O) groups is 2. The number of carboxylic acid groups (broad SMARTS) is 1. The van der Waals surface area contributed by atoms with Crippen LogP contribution in [0.3, 0.4) is 0 Å². The van der Waals surface area contributed by atoms with Crippen LogP contribution in [0, 0.1) is 5.92 Å². The highest BCUT2D eigenvalue weighted by atomic mass is 32.2. The van der Waals surface area contributed by atoms with Gasteiger partial charge in [-0.25, -0.2) is 0 Å². The number of ether oxygens (including phenoxy) is 2. The Bertz CT molecular complexity index is 529. The molecule has 1 saturated carbocycles. The van der Waals surface area contributed by atoms with Crippen LogP contribution in [0.25, 0.3) is 0 Å². The number of hydrogen-bond acceptors (Lipinski definition) is 6. The van der Waals surface area contributed by atoms with Crippen molar-refractivity contribution in [3.8, 4) is 0 Å². The van der Waals surface area contributed by atoms with Crippen molar-refractivity contribution in [2.45, 2.75) is 81.9 Å². The van der Waals surface area contributed by atoms with Crippen molar-refractivity contribution in [1.82, 2.24) is 0 Å². The zero-order valence-corrected chi connectivity index (χ0v) is 17.6. The molecule has 2 fully saturated rings. The zero-order valence-electron chi connectivity index (χ0n) is 16.8. The van der Waals surface area contributed by atoms with E-state index < -0.39 is 17.9 Å². The van der Waals surface area contributed by atoms with Crippen molar-refractivity contribution in [2.75, 3.05) is 19.0 Å². The summed E-state index contributed by atoms with van der Waals surface area (Å²) in [5.74, 6) is -0.839. The molecule has 7 heteroatoms. The average Bonchev–Trinajstić information content (AvgIpc) is 3.21. The van der Waals surface area contributed by atoms with Gasteiger partial charge in [0.2, 0.25) is 0 Å². The summed E-state index contributed by atoms with van der Waals surface area (Å²) < 4.78 is 11.8. The van der Waals surface area contributed by atoms with Crippen molar-refractivity contribution in [3.63, 3.8) is 0 Å². The SMILES string of the molecule is CCCCCC1(CS[C@H]2C(O)CC(=O)[C@@H]2CC=CCCCC(=O)O)OCCO1. The van der Waals surface area contributed by atoms with Crippen LogP contribution in [0.5, 0.6) is 0 Å². The fraction of sp³-hybridized carbons (Fsp3) is 0.810. The van der Waals surface area contributed by atoms with Crippen LogP contribution in [0.15, 0.2) is 12.2 Å². The maximum Gasteiger partial charge on any atom is 0.303 e. The topological polar surface area (TPSA) is 93.1 Å². The molecule has 2 N–H and O–H groups in total. The minimum absolute atomic E-state index is 0.105. The Morgan fingerprint density at radius 3 is 2.68 bits per heavy atom. The van der Waals surface area contributed by atoms with E-state index in [1.807, 2.05) is 12.2 Å². The molecule has 0 aromatic rings. The summed E-state index contributed by atoms with van der Waals surface area (Å²) in [7, 11) is 0. The average molecular weight is 415 g/mol. The van der Waals surface area contributed by atoms with E-state index in [9.17, 15) is 14.7 Å². The number of unbranched alkanes of at least 4 members (excludes halogenated alkanes) is 3. The lowest BCUT2D eigenvalue weighted by Crippen LogP contribution is -2.36. The third kappa shape index (κ3) is 7.17. The fourth-order valence-corrected chi connectivity index (χ4v) is 5.38. The number of aliphatic hydroxyl groups is 1. The largest absolute Gasteiger partial charge is 0.481 e. The van der Waals surface area contributed by atoms with E-state index in [2.05, 4.69) is 6.92 Å². The number of aliphatic carboxylic acids is 1. The van der Waals surface area contributed by atoms with Crippen molar-refractivity contribution >= 4 is 23.5 Å². The van der Waals surface area contributed by atoms with E-state index in [0.29, 0.717) is 38.2 Å². The molecule has 0 amide bonds. The lowest BCUT2D eigenvalue weighted by molar-refractivity contribution is -0.143. The third-order valence-electron chi connectivity index (χ3n) is 5.39. The molecule has 2 aliphatic rings. The summed E-state index contributed by atoms with van der Waals surface area (Å²) in [4.78, 5) is 22.9. The summed E-state index contributed by atoms with van der Waals surface area (Å²) in [6.07, 6.45) is 9.68. The molecule has 1 heterocycles. The van der Waals surface area contributed by atoms with Crippen molar-refractivity contribution in [2.24, 2.45) is 5.92 Å². The van der Waals surface area contributed by atoms with E-state index in [0.717, 1.165) is 25.7 Å². The standard InChI is InChI=1S/C21H34O6S/c1-2-3-8-11-21(26-12-13-27-21)15-28-20-16(17(22)14-18(20)23)9-6-4-5-7-10-19(24)25/h4,6,16,18,20,23H,2-3,5,7-15H2,1H3,(H,24,25)/t16-,18?,20+/m0/s1. The Morgan fingerprint density at radius 1 is 1.25 bits per heavy atom. The van der Waals surface area contributed by atoms with Crippen molar-refractivity contribution in [1.29, 1.82) is 0 Å². The minimum Gasteiger partial charge on any atom is -0.481 e. The second-order valence-corrected chi connectivity index (χ2v) is 8.84. The number of aliphatic hydroxyl groups excluding tert-OH is 1. The molecule has 1 aliphatic carbocycles. The maximum absolute atomic E-state index is 12.3. The van der Waals surface area contributed by atoms with Gasteiger partial charge in [0.1, 0.15) is 5.78 Å². The normalized spacial score (nSPS) is 27.1. The number of thioether (sulfide) groups is 1. The molecule has 2 rings (SSSR count). The van der Waals surface area contributed by atoms with Gasteiger partial charge in [-0.05, 0) is 25.7 Å². The molecule has 0 bridgehead atoms. The number of ketones is 1. The summed E-state index contributed by atoms with van der Waals surface area (Å²) in [5.41, 5.74) is 0. The lowest BCUT2D eigenvalue weighted by atomic mass is 10.0. The number of carboxylic acids is 1. The molecule has 0 aromatic carbocycles. The highest BCUT2D eigenvalue weighted by molar-refractivity contribution is 8.00. The van der Waals surface area contributed by atoms with Gasteiger partial charge >= 0.3 is 5.97 Å². The fourth-order valence-electron chi connectivity index (χ4n) is 3.81. The summed E-state index contributed by atoms with van der Waals surface area (Å²) in [5, 5.41) is 18.9. The molecule has 1 saturated heterocycles. The smallest absolute Gasteiger partial charge is 0.303 e. The van der Waals surface area contributed by atoms with Crippen LogP contribution < -0.4 is 0 Å². The van der Waals surface area contributed by atoms with Gasteiger partial charge in [0.05, 0.1) is 19.3 Å². The van der Waals surface area contributed by atoms with E-state index in [-0.39, 0.29) is 29.8 Å². The second-order valence-electron chi connectivity index (χ2n) is 7.68. The van der Waals surface area contributed by atoms with Crippen molar-refractivity contribution in [3.05, 3.63) is 12.2 Å². The molecule has 1 unspecified atom stereocenters. The van der Waals surface area contributed by atoms with Gasteiger partial charge in [0.25, 0.3) is 0 Å². The van der Waals surface area contributed by atoms with Gasteiger partial charge in [-0.15, -0.1) is 11.8 Å². The molecule has 0 spiro atoms. The van der Waals surface area contributed by atoms with Crippen LogP contribution >= 0.6 is 11.8 Å². The van der Waals surface area contributed by atoms with Crippen LogP contribution in [0.2, 0.25) is 0 Å². The molecule has 6 nitrogen and oxygen atoms in total. The predicted octanol–water partition coefficient (Wildman–Crippen LogP) is 3.56. The van der Waals surface area contributed by atoms with Gasteiger partial charge in [0, 0.05) is 36.2 Å². The first kappa shape index (κ1) is 23.4. The summed E-state index contributed by atoms with van der Waals surface area (Å²) in [6.45, 7) is 3.36. The summed E-state index contributed by atoms with van der Waals surface area (Å²) >= 11 is 1.60. The van der Waals surface area contributed by atoms with Crippen LogP contribution in [0.1, 0.15) is 64.7 Å². The second kappa shape index (κ2) is 12.0. The molecule has 3 atom stereocenters. The van der Waals surface area contributed by atoms with E-state index in [1.54, 1.807) is 11.8 Å². The first-order valence-electron chi connectivity index (χ1n) is 10.4. The van der Waals surface area contributed by atoms with Gasteiger partial charge in [-0.1, -0.05) is 31.9 Å². The van der Waals surface area contributed by atoms with Gasteiger partial charge in [-0.3, -0.25) is 9.59 Å². The first-order chi connectivity index (χ1) is 13.5. The van der Waals surface area contributed by atoms with Crippen molar-refractivity contribution < 1.29 is 29.3 Å². The van der Waals surface area contributed by atoms with Crippen LogP contribution in [0.4, 0.5) is 0 Å². The van der Waals surface area contributed by atoms with Gasteiger partial charge in [-0.2, -0.15) is 0 Å². The summed E-state index contributed by atoms with van der Waals surface area (Å²) in [6, 6.07) is 0. The zero-order chi connectivity index (χ0) is 20.4. The number of allylic oxidation sites excluding steroid dienone is 2. The third-order valence-corrected chi connectivity index (χ3v) is 7.02. The van der Waals surface area contributed by atoms with E-state index >= 15 is 0 Å². The number of hydrogen-bond donors (Lipinski definition) is 2. The van der Waals surface area contributed by atoms with Crippen LogP contribution in [-0.2, 0) is 19.1 Å². The highest BCUT2D eigenvalue weighted by Crippen LogP contribution is 2.39. The molecule has 160 valence electrons. The Kier molecular flexibility index (Phi) is 9.99. The van der Waals surface area contributed by atoms with E-state index in [4.69, 9.17) is 14.6 Å². The molecule has 0 radical (unpaired) electrons. The quantitative estimate of drug-likeness (QED) is 0.351. The number of rotatable bonds is 13. The Morgan fingerprint density at radius 2 is 2.00 bits per heavy atom. The molecule has 0 aromatic heterocycles. The molecular weight excluding hydrogens is 380 g/mol. The maximum atomic E-state index is 12.3.